The van der Waals surface area contributed by atoms with Crippen LogP contribution in [-0.2, 0) is 6.42 Å². The van der Waals surface area contributed by atoms with E-state index in [0.717, 1.165) is 0 Å². The zero-order valence-corrected chi connectivity index (χ0v) is 11.9. The molecule has 1 unspecified atom stereocenters. The van der Waals surface area contributed by atoms with Crippen LogP contribution in [0.5, 0.6) is 11.5 Å². The van der Waals surface area contributed by atoms with Crippen LogP contribution in [-0.4, -0.2) is 48.2 Å². The molecule has 1 aromatic heterocycles. The molecule has 0 aliphatic heterocycles. The number of methoxy groups -OCH3 is 1. The number of aliphatic hydroxyl groups is 1. The van der Waals surface area contributed by atoms with Gasteiger partial charge in [0.1, 0.15) is 12.7 Å². The SMILES string of the molecule is COc1ccccc1OCC(O)CNCCc1ncon1. The van der Waals surface area contributed by atoms with Gasteiger partial charge < -0.3 is 24.4 Å². The third kappa shape index (κ3) is 5.05. The minimum absolute atomic E-state index is 0.190. The molecule has 7 nitrogen and oxygen atoms in total. The Bertz CT molecular complexity index is 519. The second-order valence-corrected chi connectivity index (χ2v) is 4.42. The average molecular weight is 293 g/mol. The summed E-state index contributed by atoms with van der Waals surface area (Å²) in [5.74, 6) is 1.91. The van der Waals surface area contributed by atoms with E-state index in [-0.39, 0.29) is 6.61 Å². The fourth-order valence-corrected chi connectivity index (χ4v) is 1.75. The molecule has 1 heterocycles. The molecule has 21 heavy (non-hydrogen) atoms. The predicted molar refractivity (Wildman–Crippen MR) is 75.4 cm³/mol. The molecule has 0 saturated heterocycles. The predicted octanol–water partition coefficient (Wildman–Crippen LogP) is 0.650. The van der Waals surface area contributed by atoms with Gasteiger partial charge in [-0.3, -0.25) is 0 Å². The lowest BCUT2D eigenvalue weighted by Gasteiger charge is -2.14. The Morgan fingerprint density at radius 3 is 2.86 bits per heavy atom. The first-order chi connectivity index (χ1) is 10.3. The molecular formula is C14H19N3O4. The van der Waals surface area contributed by atoms with E-state index in [1.54, 1.807) is 13.2 Å². The molecule has 0 radical (unpaired) electrons. The minimum Gasteiger partial charge on any atom is -0.493 e. The Morgan fingerprint density at radius 1 is 1.33 bits per heavy atom. The summed E-state index contributed by atoms with van der Waals surface area (Å²) >= 11 is 0. The summed E-state index contributed by atoms with van der Waals surface area (Å²) in [5.41, 5.74) is 0. The maximum absolute atomic E-state index is 9.85. The minimum atomic E-state index is -0.611. The fraction of sp³-hybridized carbons (Fsp3) is 0.429. The van der Waals surface area contributed by atoms with Crippen LogP contribution in [0.15, 0.2) is 35.2 Å². The van der Waals surface area contributed by atoms with Gasteiger partial charge in [-0.25, -0.2) is 0 Å². The quantitative estimate of drug-likeness (QED) is 0.656. The largest absolute Gasteiger partial charge is 0.493 e. The molecule has 0 amide bonds. The first-order valence-corrected chi connectivity index (χ1v) is 6.69. The van der Waals surface area contributed by atoms with Crippen molar-refractivity contribution in [3.8, 4) is 11.5 Å². The third-order valence-corrected chi connectivity index (χ3v) is 2.81. The molecule has 0 saturated carbocycles. The number of hydrogen-bond acceptors (Lipinski definition) is 7. The molecule has 7 heteroatoms. The Morgan fingerprint density at radius 2 is 2.14 bits per heavy atom. The van der Waals surface area contributed by atoms with Gasteiger partial charge in [-0.15, -0.1) is 0 Å². The number of benzene rings is 1. The van der Waals surface area contributed by atoms with Crippen LogP contribution >= 0.6 is 0 Å². The Kier molecular flexibility index (Phi) is 5.99. The molecule has 1 atom stereocenters. The number of aliphatic hydroxyl groups excluding tert-OH is 1. The van der Waals surface area contributed by atoms with Crippen LogP contribution in [0.25, 0.3) is 0 Å². The number of nitrogens with zero attached hydrogens (tertiary/aromatic N) is 2. The number of nitrogens with one attached hydrogen (secondary N) is 1. The normalized spacial score (nSPS) is 12.1. The molecule has 2 N–H and O–H groups in total. The molecule has 0 bridgehead atoms. The van der Waals surface area contributed by atoms with Crippen LogP contribution < -0.4 is 14.8 Å². The van der Waals surface area contributed by atoms with Crippen molar-refractivity contribution < 1.29 is 19.1 Å². The summed E-state index contributed by atoms with van der Waals surface area (Å²) in [6.45, 7) is 1.27. The van der Waals surface area contributed by atoms with Crippen LogP contribution in [0.2, 0.25) is 0 Å². The van der Waals surface area contributed by atoms with Gasteiger partial charge in [0, 0.05) is 19.5 Å². The molecule has 0 fully saturated rings. The van der Waals surface area contributed by atoms with E-state index in [1.807, 2.05) is 18.2 Å². The maximum Gasteiger partial charge on any atom is 0.213 e. The van der Waals surface area contributed by atoms with Crippen molar-refractivity contribution in [3.05, 3.63) is 36.5 Å². The van der Waals surface area contributed by atoms with Crippen molar-refractivity contribution in [2.75, 3.05) is 26.8 Å². The van der Waals surface area contributed by atoms with Crippen molar-refractivity contribution >= 4 is 0 Å². The van der Waals surface area contributed by atoms with Crippen molar-refractivity contribution in [1.29, 1.82) is 0 Å². The molecule has 2 rings (SSSR count). The molecule has 2 aromatic rings. The molecular weight excluding hydrogens is 274 g/mol. The molecule has 114 valence electrons. The van der Waals surface area contributed by atoms with E-state index >= 15 is 0 Å². The van der Waals surface area contributed by atoms with Crippen molar-refractivity contribution in [2.45, 2.75) is 12.5 Å². The van der Waals surface area contributed by atoms with Gasteiger partial charge in [0.15, 0.2) is 17.3 Å². The van der Waals surface area contributed by atoms with Gasteiger partial charge in [-0.1, -0.05) is 17.3 Å². The van der Waals surface area contributed by atoms with E-state index in [9.17, 15) is 5.11 Å². The summed E-state index contributed by atoms with van der Waals surface area (Å²) in [5, 5.41) is 16.7. The van der Waals surface area contributed by atoms with E-state index in [0.29, 0.717) is 36.8 Å². The fourth-order valence-electron chi connectivity index (χ4n) is 1.75. The monoisotopic (exact) mass is 293 g/mol. The second kappa shape index (κ2) is 8.23. The molecule has 0 aliphatic rings. The number of para-hydroxylation sites is 2. The Balaban J connectivity index is 1.64. The zero-order valence-electron chi connectivity index (χ0n) is 11.9. The van der Waals surface area contributed by atoms with Gasteiger partial charge >= 0.3 is 0 Å². The highest BCUT2D eigenvalue weighted by molar-refractivity contribution is 5.39. The summed E-state index contributed by atoms with van der Waals surface area (Å²) in [6.07, 6.45) is 1.34. The summed E-state index contributed by atoms with van der Waals surface area (Å²) in [4.78, 5) is 3.91. The zero-order chi connectivity index (χ0) is 14.9. The second-order valence-electron chi connectivity index (χ2n) is 4.42. The number of rotatable bonds is 9. The third-order valence-electron chi connectivity index (χ3n) is 2.81. The van der Waals surface area contributed by atoms with Crippen LogP contribution in [0.4, 0.5) is 0 Å². The van der Waals surface area contributed by atoms with E-state index in [4.69, 9.17) is 9.47 Å². The van der Waals surface area contributed by atoms with E-state index < -0.39 is 6.10 Å². The Hall–Kier alpha value is -2.12. The highest BCUT2D eigenvalue weighted by atomic mass is 16.5. The van der Waals surface area contributed by atoms with Gasteiger partial charge in [-0.05, 0) is 12.1 Å². The molecule has 1 aromatic carbocycles. The standard InChI is InChI=1S/C14H19N3O4/c1-19-12-4-2-3-5-13(12)20-9-11(18)8-15-7-6-14-16-10-21-17-14/h2-5,10-11,15,18H,6-9H2,1H3. The van der Waals surface area contributed by atoms with Crippen molar-refractivity contribution in [1.82, 2.24) is 15.5 Å². The number of hydrogen-bond donors (Lipinski definition) is 2. The van der Waals surface area contributed by atoms with E-state index in [1.165, 1.54) is 6.39 Å². The maximum atomic E-state index is 9.85. The number of ether oxygens (including phenoxy) is 2. The topological polar surface area (TPSA) is 89.6 Å². The van der Waals surface area contributed by atoms with Gasteiger partial charge in [-0.2, -0.15) is 4.98 Å². The molecule has 0 aliphatic carbocycles. The molecule has 0 spiro atoms. The smallest absolute Gasteiger partial charge is 0.213 e. The summed E-state index contributed by atoms with van der Waals surface area (Å²) in [6, 6.07) is 7.33. The first-order valence-electron chi connectivity index (χ1n) is 6.69. The number of aromatic nitrogens is 2. The van der Waals surface area contributed by atoms with E-state index in [2.05, 4.69) is 20.0 Å². The summed E-state index contributed by atoms with van der Waals surface area (Å²) < 4.78 is 15.3. The lowest BCUT2D eigenvalue weighted by Crippen LogP contribution is -2.32. The first kappa shape index (κ1) is 15.3. The van der Waals surface area contributed by atoms with Crippen LogP contribution in [0, 0.1) is 0 Å². The highest BCUT2D eigenvalue weighted by Crippen LogP contribution is 2.25. The van der Waals surface area contributed by atoms with Gasteiger partial charge in [0.2, 0.25) is 6.39 Å². The van der Waals surface area contributed by atoms with Crippen LogP contribution in [0.1, 0.15) is 5.82 Å². The van der Waals surface area contributed by atoms with Crippen LogP contribution in [0.3, 0.4) is 0 Å². The van der Waals surface area contributed by atoms with Crippen molar-refractivity contribution in [3.63, 3.8) is 0 Å². The average Bonchev–Trinajstić information content (AvgIpc) is 3.03. The lowest BCUT2D eigenvalue weighted by molar-refractivity contribution is 0.105. The lowest BCUT2D eigenvalue weighted by atomic mass is 10.3. The highest BCUT2D eigenvalue weighted by Gasteiger charge is 2.08. The van der Waals surface area contributed by atoms with Gasteiger partial charge in [0.05, 0.1) is 7.11 Å². The summed E-state index contributed by atoms with van der Waals surface area (Å²) in [7, 11) is 1.58. The van der Waals surface area contributed by atoms with Crippen molar-refractivity contribution in [2.24, 2.45) is 0 Å². The Labute approximate surface area is 122 Å². The van der Waals surface area contributed by atoms with Gasteiger partial charge in [0.25, 0.3) is 0 Å².